The fourth-order valence-corrected chi connectivity index (χ4v) is 2.81. The molecule has 2 nitrogen and oxygen atoms in total. The molecule has 3 unspecified atom stereocenters. The van der Waals surface area contributed by atoms with E-state index in [4.69, 9.17) is 0 Å². The van der Waals surface area contributed by atoms with E-state index >= 15 is 0 Å². The van der Waals surface area contributed by atoms with Crippen molar-refractivity contribution in [1.82, 2.24) is 5.32 Å². The first-order valence-corrected chi connectivity index (χ1v) is 6.40. The molecule has 2 aliphatic heterocycles. The van der Waals surface area contributed by atoms with Gasteiger partial charge in [-0.25, -0.2) is 0 Å². The first-order valence-electron chi connectivity index (χ1n) is 6.40. The molecule has 0 spiro atoms. The number of hydrogen-bond donors (Lipinski definition) is 2. The molecule has 0 aromatic heterocycles. The molecule has 2 bridgehead atoms. The van der Waals surface area contributed by atoms with Crippen molar-refractivity contribution in [2.75, 3.05) is 6.54 Å². The van der Waals surface area contributed by atoms with Gasteiger partial charge in [0.2, 0.25) is 0 Å². The van der Waals surface area contributed by atoms with Crippen molar-refractivity contribution in [3.05, 3.63) is 11.6 Å². The average molecular weight is 209 g/mol. The minimum absolute atomic E-state index is 0.190. The predicted octanol–water partition coefficient (Wildman–Crippen LogP) is 2.24. The van der Waals surface area contributed by atoms with E-state index in [0.29, 0.717) is 6.04 Å². The molecular weight excluding hydrogens is 186 g/mol. The third-order valence-electron chi connectivity index (χ3n) is 3.86. The van der Waals surface area contributed by atoms with E-state index in [1.807, 2.05) is 0 Å². The normalized spacial score (nSPS) is 33.9. The largest absolute Gasteiger partial charge is 0.389 e. The highest BCUT2D eigenvalue weighted by Gasteiger charge is 2.23. The summed E-state index contributed by atoms with van der Waals surface area (Å²) in [7, 11) is 0. The summed E-state index contributed by atoms with van der Waals surface area (Å²) in [6.07, 6.45) is 9.17. The van der Waals surface area contributed by atoms with Crippen LogP contribution in [0.2, 0.25) is 0 Å². The van der Waals surface area contributed by atoms with Crippen LogP contribution in [-0.4, -0.2) is 23.8 Å². The molecule has 0 aromatic rings. The van der Waals surface area contributed by atoms with E-state index in [2.05, 4.69) is 18.3 Å². The molecule has 0 saturated carbocycles. The van der Waals surface area contributed by atoms with Gasteiger partial charge in [0.1, 0.15) is 0 Å². The van der Waals surface area contributed by atoms with Crippen LogP contribution in [0.5, 0.6) is 0 Å². The first kappa shape index (κ1) is 11.2. The lowest BCUT2D eigenvalue weighted by Crippen LogP contribution is -2.32. The predicted molar refractivity (Wildman–Crippen MR) is 62.7 cm³/mol. The Labute approximate surface area is 92.8 Å². The van der Waals surface area contributed by atoms with Crippen LogP contribution >= 0.6 is 0 Å². The molecule has 2 heterocycles. The van der Waals surface area contributed by atoms with Gasteiger partial charge >= 0.3 is 0 Å². The molecule has 2 heteroatoms. The zero-order valence-electron chi connectivity index (χ0n) is 9.71. The Morgan fingerprint density at radius 1 is 1.53 bits per heavy atom. The van der Waals surface area contributed by atoms with Crippen molar-refractivity contribution in [2.24, 2.45) is 5.92 Å². The van der Waals surface area contributed by atoms with Gasteiger partial charge in [0.25, 0.3) is 0 Å². The smallest absolute Gasteiger partial charge is 0.0747 e. The van der Waals surface area contributed by atoms with Gasteiger partial charge in [0, 0.05) is 6.04 Å². The quantitative estimate of drug-likeness (QED) is 0.684. The molecule has 1 fully saturated rings. The second-order valence-electron chi connectivity index (χ2n) is 5.05. The van der Waals surface area contributed by atoms with E-state index in [-0.39, 0.29) is 6.10 Å². The second kappa shape index (κ2) is 5.13. The van der Waals surface area contributed by atoms with E-state index in [1.165, 1.54) is 24.8 Å². The molecule has 3 atom stereocenters. The zero-order chi connectivity index (χ0) is 10.7. The number of nitrogens with one attached hydrogen (secondary N) is 1. The Morgan fingerprint density at radius 2 is 2.40 bits per heavy atom. The van der Waals surface area contributed by atoms with Crippen molar-refractivity contribution >= 4 is 0 Å². The lowest BCUT2D eigenvalue weighted by Gasteiger charge is -2.24. The van der Waals surface area contributed by atoms with E-state index in [1.54, 1.807) is 0 Å². The molecular formula is C13H23NO. The third-order valence-corrected chi connectivity index (χ3v) is 3.86. The lowest BCUT2D eigenvalue weighted by molar-refractivity contribution is 0.196. The summed E-state index contributed by atoms with van der Waals surface area (Å²) >= 11 is 0. The molecule has 2 aliphatic rings. The SMILES string of the molecule is CCC(O)C1=CCC2CCCC(CN2)C1. The highest BCUT2D eigenvalue weighted by Crippen LogP contribution is 2.27. The maximum Gasteiger partial charge on any atom is 0.0747 e. The second-order valence-corrected chi connectivity index (χ2v) is 5.05. The van der Waals surface area contributed by atoms with Gasteiger partial charge in [-0.2, -0.15) is 0 Å². The van der Waals surface area contributed by atoms with Crippen LogP contribution in [0.1, 0.15) is 45.4 Å². The molecule has 0 aromatic carbocycles. The van der Waals surface area contributed by atoms with Crippen molar-refractivity contribution in [1.29, 1.82) is 0 Å². The molecule has 2 rings (SSSR count). The Hall–Kier alpha value is -0.340. The van der Waals surface area contributed by atoms with Crippen molar-refractivity contribution in [3.8, 4) is 0 Å². The van der Waals surface area contributed by atoms with E-state index in [9.17, 15) is 5.11 Å². The molecule has 0 aliphatic carbocycles. The van der Waals surface area contributed by atoms with Gasteiger partial charge in [-0.3, -0.25) is 0 Å². The lowest BCUT2D eigenvalue weighted by atomic mass is 9.91. The minimum atomic E-state index is -0.190. The monoisotopic (exact) mass is 209 g/mol. The van der Waals surface area contributed by atoms with Crippen molar-refractivity contribution in [3.63, 3.8) is 0 Å². The number of rotatable bonds is 2. The van der Waals surface area contributed by atoms with Crippen LogP contribution in [0, 0.1) is 5.92 Å². The maximum absolute atomic E-state index is 9.93. The van der Waals surface area contributed by atoms with Crippen molar-refractivity contribution < 1.29 is 5.11 Å². The van der Waals surface area contributed by atoms with Crippen LogP contribution in [0.3, 0.4) is 0 Å². The first-order chi connectivity index (χ1) is 7.29. The zero-order valence-corrected chi connectivity index (χ0v) is 9.71. The fourth-order valence-electron chi connectivity index (χ4n) is 2.81. The average Bonchev–Trinajstić information content (AvgIpc) is 2.39. The Bertz CT molecular complexity index is 237. The summed E-state index contributed by atoms with van der Waals surface area (Å²) in [6, 6.07) is 0.661. The van der Waals surface area contributed by atoms with Gasteiger partial charge < -0.3 is 10.4 Å². The fraction of sp³-hybridized carbons (Fsp3) is 0.846. The Morgan fingerprint density at radius 3 is 3.20 bits per heavy atom. The van der Waals surface area contributed by atoms with Crippen LogP contribution in [0.15, 0.2) is 11.6 Å². The highest BCUT2D eigenvalue weighted by atomic mass is 16.3. The molecule has 86 valence electrons. The van der Waals surface area contributed by atoms with Crippen LogP contribution in [0.4, 0.5) is 0 Å². The van der Waals surface area contributed by atoms with E-state index < -0.39 is 0 Å². The summed E-state index contributed by atoms with van der Waals surface area (Å²) in [6.45, 7) is 3.22. The van der Waals surface area contributed by atoms with Gasteiger partial charge in [0.05, 0.1) is 6.10 Å². The van der Waals surface area contributed by atoms with Crippen molar-refractivity contribution in [2.45, 2.75) is 57.6 Å². The molecule has 1 saturated heterocycles. The number of fused-ring (bicyclic) bond motifs is 3. The summed E-state index contributed by atoms with van der Waals surface area (Å²) in [5, 5.41) is 13.6. The van der Waals surface area contributed by atoms with Gasteiger partial charge in [-0.05, 0) is 50.1 Å². The molecule has 0 radical (unpaired) electrons. The van der Waals surface area contributed by atoms with Gasteiger partial charge in [0.15, 0.2) is 0 Å². The molecule has 2 N–H and O–H groups in total. The number of aliphatic hydroxyl groups is 1. The summed E-state index contributed by atoms with van der Waals surface area (Å²) in [4.78, 5) is 0. The van der Waals surface area contributed by atoms with E-state index in [0.717, 1.165) is 31.7 Å². The Balaban J connectivity index is 2.09. The van der Waals surface area contributed by atoms with Crippen LogP contribution in [-0.2, 0) is 0 Å². The van der Waals surface area contributed by atoms with Crippen LogP contribution in [0.25, 0.3) is 0 Å². The third kappa shape index (κ3) is 2.82. The summed E-state index contributed by atoms with van der Waals surface area (Å²) < 4.78 is 0. The number of aliphatic hydroxyl groups excluding tert-OH is 1. The number of hydrogen-bond acceptors (Lipinski definition) is 2. The van der Waals surface area contributed by atoms with Gasteiger partial charge in [-0.1, -0.05) is 19.4 Å². The summed E-state index contributed by atoms with van der Waals surface area (Å²) in [5.41, 5.74) is 1.30. The maximum atomic E-state index is 9.93. The van der Waals surface area contributed by atoms with Crippen LogP contribution < -0.4 is 5.32 Å². The van der Waals surface area contributed by atoms with Gasteiger partial charge in [-0.15, -0.1) is 0 Å². The highest BCUT2D eigenvalue weighted by molar-refractivity contribution is 5.11. The standard InChI is InChI=1S/C13H23NO/c1-2-13(15)11-6-7-12-5-3-4-10(8-11)9-14-12/h6,10,12-15H,2-5,7-9H2,1H3. The summed E-state index contributed by atoms with van der Waals surface area (Å²) in [5.74, 6) is 0.753. The Kier molecular flexibility index (Phi) is 3.81. The minimum Gasteiger partial charge on any atom is -0.389 e. The topological polar surface area (TPSA) is 32.3 Å². The molecule has 15 heavy (non-hydrogen) atoms. The molecule has 0 amide bonds.